The fourth-order valence-electron chi connectivity index (χ4n) is 3.60. The zero-order valence-electron chi connectivity index (χ0n) is 15.4. The number of carbonyl (C=O) groups excluding carboxylic acids is 3. The molecule has 0 N–H and O–H groups in total. The van der Waals surface area contributed by atoms with Gasteiger partial charge in [-0.25, -0.2) is 0 Å². The third kappa shape index (κ3) is 3.43. The number of piperazine rings is 1. The summed E-state index contributed by atoms with van der Waals surface area (Å²) in [6.07, 6.45) is 0.159. The van der Waals surface area contributed by atoms with E-state index in [4.69, 9.17) is 11.6 Å². The molecule has 0 saturated carbocycles. The summed E-state index contributed by atoms with van der Waals surface area (Å²) >= 11 is 6.05. The van der Waals surface area contributed by atoms with Crippen molar-refractivity contribution in [2.75, 3.05) is 31.1 Å². The van der Waals surface area contributed by atoms with Crippen LogP contribution in [0.5, 0.6) is 0 Å². The van der Waals surface area contributed by atoms with Crippen LogP contribution in [0.25, 0.3) is 0 Å². The molecular formula is C19H24ClN3O3. The van der Waals surface area contributed by atoms with Gasteiger partial charge in [0.2, 0.25) is 17.7 Å². The van der Waals surface area contributed by atoms with E-state index in [1.54, 1.807) is 25.7 Å². The van der Waals surface area contributed by atoms with Gasteiger partial charge in [0.1, 0.15) is 6.04 Å². The summed E-state index contributed by atoms with van der Waals surface area (Å²) in [5.74, 6) is -0.700. The molecule has 2 aliphatic rings. The van der Waals surface area contributed by atoms with Crippen molar-refractivity contribution in [2.24, 2.45) is 5.41 Å². The van der Waals surface area contributed by atoms with Gasteiger partial charge in [0, 0.05) is 43.3 Å². The Morgan fingerprint density at radius 3 is 2.35 bits per heavy atom. The van der Waals surface area contributed by atoms with Gasteiger partial charge in [-0.3, -0.25) is 19.3 Å². The van der Waals surface area contributed by atoms with Crippen LogP contribution in [0, 0.1) is 5.41 Å². The van der Waals surface area contributed by atoms with E-state index in [-0.39, 0.29) is 24.1 Å². The van der Waals surface area contributed by atoms with Gasteiger partial charge < -0.3 is 9.80 Å². The van der Waals surface area contributed by atoms with Gasteiger partial charge in [0.15, 0.2) is 0 Å². The minimum atomic E-state index is -0.755. The number of hydrogen-bond acceptors (Lipinski definition) is 4. The van der Waals surface area contributed by atoms with Crippen LogP contribution in [0.15, 0.2) is 24.3 Å². The topological polar surface area (TPSA) is 60.9 Å². The van der Waals surface area contributed by atoms with Gasteiger partial charge in [-0.1, -0.05) is 31.5 Å². The van der Waals surface area contributed by atoms with E-state index in [0.717, 1.165) is 10.6 Å². The molecule has 0 radical (unpaired) electrons. The minimum absolute atomic E-state index is 0.159. The number of benzene rings is 1. The van der Waals surface area contributed by atoms with Crippen molar-refractivity contribution in [3.8, 4) is 0 Å². The van der Waals surface area contributed by atoms with Crippen LogP contribution in [0.3, 0.4) is 0 Å². The first-order valence-corrected chi connectivity index (χ1v) is 9.24. The average Bonchev–Trinajstić information content (AvgIpc) is 2.81. The predicted molar refractivity (Wildman–Crippen MR) is 100.0 cm³/mol. The molecule has 0 bridgehead atoms. The van der Waals surface area contributed by atoms with Crippen molar-refractivity contribution >= 4 is 35.0 Å². The Morgan fingerprint density at radius 1 is 1.15 bits per heavy atom. The lowest BCUT2D eigenvalue weighted by Gasteiger charge is -2.38. The van der Waals surface area contributed by atoms with E-state index in [0.29, 0.717) is 31.2 Å². The molecule has 1 aromatic carbocycles. The molecule has 140 valence electrons. The van der Waals surface area contributed by atoms with Gasteiger partial charge >= 0.3 is 0 Å². The molecule has 2 saturated heterocycles. The Kier molecular flexibility index (Phi) is 4.97. The summed E-state index contributed by atoms with van der Waals surface area (Å²) in [6, 6.07) is 6.89. The Morgan fingerprint density at radius 2 is 1.81 bits per heavy atom. The number of imide groups is 1. The number of amides is 3. The van der Waals surface area contributed by atoms with E-state index >= 15 is 0 Å². The molecule has 2 aliphatic heterocycles. The molecule has 0 aliphatic carbocycles. The summed E-state index contributed by atoms with van der Waals surface area (Å²) in [6.45, 7) is 7.61. The number of halogens is 1. The normalized spacial score (nSPS) is 21.3. The van der Waals surface area contributed by atoms with Crippen molar-refractivity contribution in [1.82, 2.24) is 9.80 Å². The lowest BCUT2D eigenvalue weighted by molar-refractivity contribution is -0.151. The maximum Gasteiger partial charge on any atom is 0.245 e. The summed E-state index contributed by atoms with van der Waals surface area (Å²) in [7, 11) is 0. The molecule has 26 heavy (non-hydrogen) atoms. The maximum atomic E-state index is 12.8. The van der Waals surface area contributed by atoms with Crippen molar-refractivity contribution < 1.29 is 14.4 Å². The second-order valence-electron chi connectivity index (χ2n) is 7.60. The summed E-state index contributed by atoms with van der Waals surface area (Å²) in [5, 5.41) is 0.684. The summed E-state index contributed by atoms with van der Waals surface area (Å²) < 4.78 is 0. The molecule has 1 unspecified atom stereocenters. The SMILES string of the molecule is CC(C(=O)N1CCN(c2cccc(Cl)c2)CC1)N1C(=O)CC(C)(C)C1=O. The lowest BCUT2D eigenvalue weighted by Crippen LogP contribution is -2.55. The standard InChI is InChI=1S/C19H24ClN3O3/c1-13(23-16(24)12-19(2,3)18(23)26)17(25)22-9-7-21(8-10-22)15-6-4-5-14(20)11-15/h4-6,11,13H,7-10,12H2,1-3H3. The van der Waals surface area contributed by atoms with Gasteiger partial charge in [-0.15, -0.1) is 0 Å². The fraction of sp³-hybridized carbons (Fsp3) is 0.526. The highest BCUT2D eigenvalue weighted by Crippen LogP contribution is 2.33. The van der Waals surface area contributed by atoms with Crippen LogP contribution in [-0.4, -0.2) is 59.7 Å². The van der Waals surface area contributed by atoms with Crippen molar-refractivity contribution in [2.45, 2.75) is 33.2 Å². The largest absolute Gasteiger partial charge is 0.368 e. The van der Waals surface area contributed by atoms with E-state index in [9.17, 15) is 14.4 Å². The van der Waals surface area contributed by atoms with Gasteiger partial charge in [0.05, 0.1) is 5.41 Å². The molecule has 3 rings (SSSR count). The van der Waals surface area contributed by atoms with Crippen LogP contribution >= 0.6 is 11.6 Å². The van der Waals surface area contributed by atoms with Crippen molar-refractivity contribution in [3.63, 3.8) is 0 Å². The smallest absolute Gasteiger partial charge is 0.245 e. The first-order chi connectivity index (χ1) is 12.2. The molecule has 1 aromatic rings. The van der Waals surface area contributed by atoms with Crippen molar-refractivity contribution in [3.05, 3.63) is 29.3 Å². The zero-order chi connectivity index (χ0) is 19.1. The molecule has 2 heterocycles. The number of rotatable bonds is 3. The van der Waals surface area contributed by atoms with E-state index in [2.05, 4.69) is 4.90 Å². The quantitative estimate of drug-likeness (QED) is 0.757. The number of anilines is 1. The molecule has 1 atom stereocenters. The van der Waals surface area contributed by atoms with Crippen LogP contribution in [0.4, 0.5) is 5.69 Å². The lowest BCUT2D eigenvalue weighted by atomic mass is 9.92. The molecule has 3 amide bonds. The first kappa shape index (κ1) is 18.7. The van der Waals surface area contributed by atoms with Gasteiger partial charge in [0.25, 0.3) is 0 Å². The van der Waals surface area contributed by atoms with Crippen LogP contribution < -0.4 is 4.90 Å². The molecule has 0 spiro atoms. The monoisotopic (exact) mass is 377 g/mol. The highest BCUT2D eigenvalue weighted by Gasteiger charge is 2.48. The third-order valence-corrected chi connectivity index (χ3v) is 5.40. The van der Waals surface area contributed by atoms with Crippen LogP contribution in [0.1, 0.15) is 27.2 Å². The third-order valence-electron chi connectivity index (χ3n) is 5.17. The number of nitrogens with zero attached hydrogens (tertiary/aromatic N) is 3. The minimum Gasteiger partial charge on any atom is -0.368 e. The Balaban J connectivity index is 1.63. The number of carbonyl (C=O) groups is 3. The van der Waals surface area contributed by atoms with Gasteiger partial charge in [-0.05, 0) is 25.1 Å². The average molecular weight is 378 g/mol. The van der Waals surface area contributed by atoms with Crippen molar-refractivity contribution in [1.29, 1.82) is 0 Å². The summed E-state index contributed by atoms with van der Waals surface area (Å²) in [5.41, 5.74) is 0.306. The highest BCUT2D eigenvalue weighted by molar-refractivity contribution is 6.30. The first-order valence-electron chi connectivity index (χ1n) is 8.86. The molecular weight excluding hydrogens is 354 g/mol. The molecule has 7 heteroatoms. The second kappa shape index (κ2) is 6.91. The van der Waals surface area contributed by atoms with E-state index in [1.165, 1.54) is 0 Å². The maximum absolute atomic E-state index is 12.8. The Labute approximate surface area is 158 Å². The Hall–Kier alpha value is -2.08. The van der Waals surface area contributed by atoms with E-state index in [1.807, 2.05) is 24.3 Å². The molecule has 6 nitrogen and oxygen atoms in total. The highest BCUT2D eigenvalue weighted by atomic mass is 35.5. The van der Waals surface area contributed by atoms with E-state index < -0.39 is 11.5 Å². The molecule has 2 fully saturated rings. The molecule has 0 aromatic heterocycles. The van der Waals surface area contributed by atoms with Gasteiger partial charge in [-0.2, -0.15) is 0 Å². The summed E-state index contributed by atoms with van der Waals surface area (Å²) in [4.78, 5) is 42.5. The van der Waals surface area contributed by atoms with Crippen LogP contribution in [-0.2, 0) is 14.4 Å². The predicted octanol–water partition coefficient (Wildman–Crippen LogP) is 2.16. The fourth-order valence-corrected chi connectivity index (χ4v) is 3.79. The second-order valence-corrected chi connectivity index (χ2v) is 8.03. The van der Waals surface area contributed by atoms with Crippen LogP contribution in [0.2, 0.25) is 5.02 Å². The number of likely N-dealkylation sites (tertiary alicyclic amines) is 1. The number of hydrogen-bond donors (Lipinski definition) is 0. The zero-order valence-corrected chi connectivity index (χ0v) is 16.1. The Bertz CT molecular complexity index is 741.